The van der Waals surface area contributed by atoms with Gasteiger partial charge in [0.25, 0.3) is 0 Å². The number of rotatable bonds is 4. The van der Waals surface area contributed by atoms with Crippen LogP contribution < -0.4 is 4.90 Å². The minimum atomic E-state index is 0.0614. The van der Waals surface area contributed by atoms with Gasteiger partial charge in [0.05, 0.1) is 10.6 Å². The van der Waals surface area contributed by atoms with Crippen molar-refractivity contribution in [1.82, 2.24) is 4.98 Å². The van der Waals surface area contributed by atoms with Crippen molar-refractivity contribution in [3.63, 3.8) is 0 Å². The molecule has 3 nitrogen and oxygen atoms in total. The number of nitrogens with zero attached hydrogens (tertiary/aromatic N) is 2. The van der Waals surface area contributed by atoms with Gasteiger partial charge in [-0.25, -0.2) is 4.98 Å². The molecule has 4 heteroatoms. The number of carbonyl (C=O) groups is 1. The smallest absolute Gasteiger partial charge is 0.185 e. The molecule has 2 rings (SSSR count). The Morgan fingerprint density at radius 2 is 2.05 bits per heavy atom. The van der Waals surface area contributed by atoms with E-state index >= 15 is 0 Å². The van der Waals surface area contributed by atoms with Gasteiger partial charge >= 0.3 is 0 Å². The van der Waals surface area contributed by atoms with Crippen LogP contribution in [0.2, 0.25) is 0 Å². The monoisotopic (exact) mass is 280 g/mol. The van der Waals surface area contributed by atoms with Gasteiger partial charge in [-0.15, -0.1) is 0 Å². The lowest BCUT2D eigenvalue weighted by Crippen LogP contribution is -2.26. The molecule has 0 spiro atoms. The molecule has 0 unspecified atom stereocenters. The summed E-state index contributed by atoms with van der Waals surface area (Å²) in [6.45, 7) is 9.76. The van der Waals surface area contributed by atoms with Gasteiger partial charge in [-0.3, -0.25) is 4.79 Å². The SMILES string of the molecule is CC(C)CCN(C)c1nc2c(s1)C(=O)CC(C)(C)C2. The van der Waals surface area contributed by atoms with Gasteiger partial charge in [-0.1, -0.05) is 39.0 Å². The zero-order valence-corrected chi connectivity index (χ0v) is 13.4. The van der Waals surface area contributed by atoms with Crippen molar-refractivity contribution in [2.45, 2.75) is 47.0 Å². The number of fused-ring (bicyclic) bond motifs is 1. The molecule has 0 radical (unpaired) electrons. The van der Waals surface area contributed by atoms with Crippen LogP contribution in [0.4, 0.5) is 5.13 Å². The molecule has 0 aromatic carbocycles. The number of hydrogen-bond acceptors (Lipinski definition) is 4. The second kappa shape index (κ2) is 5.23. The standard InChI is InChI=1S/C15H24N2OS/c1-10(2)6-7-17(5)14-16-11-8-15(3,4)9-12(18)13(11)19-14/h10H,6-9H2,1-5H3. The van der Waals surface area contributed by atoms with Crippen LogP contribution in [0.25, 0.3) is 0 Å². The lowest BCUT2D eigenvalue weighted by molar-refractivity contribution is 0.0916. The molecule has 0 fully saturated rings. The van der Waals surface area contributed by atoms with Gasteiger partial charge in [0.1, 0.15) is 0 Å². The number of aromatic nitrogens is 1. The highest BCUT2D eigenvalue weighted by Gasteiger charge is 2.34. The summed E-state index contributed by atoms with van der Waals surface area (Å²) in [6.07, 6.45) is 2.72. The molecule has 1 heterocycles. The van der Waals surface area contributed by atoms with Crippen LogP contribution in [-0.2, 0) is 6.42 Å². The molecule has 106 valence electrons. The Morgan fingerprint density at radius 1 is 1.37 bits per heavy atom. The molecule has 19 heavy (non-hydrogen) atoms. The first-order valence-electron chi connectivity index (χ1n) is 7.02. The number of ketones is 1. The highest BCUT2D eigenvalue weighted by molar-refractivity contribution is 7.17. The molecule has 0 saturated carbocycles. The molecule has 0 atom stereocenters. The largest absolute Gasteiger partial charge is 0.351 e. The van der Waals surface area contributed by atoms with Crippen LogP contribution in [-0.4, -0.2) is 24.4 Å². The Bertz CT molecular complexity index is 476. The van der Waals surface area contributed by atoms with E-state index in [4.69, 9.17) is 4.98 Å². The number of Topliss-reactive ketones (excluding diaryl/α,β-unsaturated/α-hetero) is 1. The van der Waals surface area contributed by atoms with Gasteiger partial charge < -0.3 is 4.90 Å². The molecule has 1 aromatic heterocycles. The second-order valence-electron chi connectivity index (χ2n) is 6.82. The quantitative estimate of drug-likeness (QED) is 0.841. The van der Waals surface area contributed by atoms with Crippen molar-refractivity contribution < 1.29 is 4.79 Å². The van der Waals surface area contributed by atoms with Crippen LogP contribution >= 0.6 is 11.3 Å². The molecule has 1 aliphatic carbocycles. The van der Waals surface area contributed by atoms with Crippen LogP contribution in [0.1, 0.15) is 55.9 Å². The average Bonchev–Trinajstić information content (AvgIpc) is 2.68. The molecular formula is C15H24N2OS. The summed E-state index contributed by atoms with van der Waals surface area (Å²) >= 11 is 1.57. The van der Waals surface area contributed by atoms with E-state index in [0.29, 0.717) is 12.3 Å². The van der Waals surface area contributed by atoms with E-state index in [2.05, 4.69) is 39.6 Å². The summed E-state index contributed by atoms with van der Waals surface area (Å²) in [7, 11) is 2.07. The zero-order valence-electron chi connectivity index (χ0n) is 12.6. The van der Waals surface area contributed by atoms with Crippen molar-refractivity contribution in [2.24, 2.45) is 11.3 Å². The van der Waals surface area contributed by atoms with Crippen molar-refractivity contribution in [1.29, 1.82) is 0 Å². The summed E-state index contributed by atoms with van der Waals surface area (Å²) in [5.74, 6) is 0.963. The van der Waals surface area contributed by atoms with Crippen LogP contribution in [0, 0.1) is 11.3 Å². The molecule has 0 N–H and O–H groups in total. The van der Waals surface area contributed by atoms with Crippen molar-refractivity contribution in [2.75, 3.05) is 18.5 Å². The summed E-state index contributed by atoms with van der Waals surface area (Å²) in [5.41, 5.74) is 1.07. The fourth-order valence-corrected chi connectivity index (χ4v) is 3.43. The summed E-state index contributed by atoms with van der Waals surface area (Å²) in [6, 6.07) is 0. The second-order valence-corrected chi connectivity index (χ2v) is 7.79. The first-order valence-corrected chi connectivity index (χ1v) is 7.84. The summed E-state index contributed by atoms with van der Waals surface area (Å²) in [5, 5.41) is 0.997. The van der Waals surface area contributed by atoms with Crippen LogP contribution in [0.5, 0.6) is 0 Å². The molecule has 1 aromatic rings. The Morgan fingerprint density at radius 3 is 2.68 bits per heavy atom. The minimum Gasteiger partial charge on any atom is -0.351 e. The van der Waals surface area contributed by atoms with Gasteiger partial charge in [-0.2, -0.15) is 0 Å². The topological polar surface area (TPSA) is 33.2 Å². The fourth-order valence-electron chi connectivity index (χ4n) is 2.42. The van der Waals surface area contributed by atoms with Gasteiger partial charge in [-0.05, 0) is 24.2 Å². The average molecular weight is 280 g/mol. The molecule has 0 amide bonds. The fraction of sp³-hybridized carbons (Fsp3) is 0.733. The molecule has 1 aliphatic rings. The van der Waals surface area contributed by atoms with E-state index in [1.165, 1.54) is 0 Å². The summed E-state index contributed by atoms with van der Waals surface area (Å²) in [4.78, 5) is 19.9. The Balaban J connectivity index is 2.16. The molecule has 0 aliphatic heterocycles. The highest BCUT2D eigenvalue weighted by atomic mass is 32.1. The maximum Gasteiger partial charge on any atom is 0.185 e. The first-order chi connectivity index (χ1) is 8.78. The van der Waals surface area contributed by atoms with Crippen molar-refractivity contribution in [3.05, 3.63) is 10.6 Å². The van der Waals surface area contributed by atoms with Crippen LogP contribution in [0.3, 0.4) is 0 Å². The third-order valence-electron chi connectivity index (χ3n) is 3.59. The molecule has 0 bridgehead atoms. The maximum absolute atomic E-state index is 12.2. The predicted octanol–water partition coefficient (Wildman–Crippen LogP) is 3.78. The Kier molecular flexibility index (Phi) is 4.00. The van der Waals surface area contributed by atoms with E-state index in [1.54, 1.807) is 11.3 Å². The molecule has 0 saturated heterocycles. The van der Waals surface area contributed by atoms with E-state index < -0.39 is 0 Å². The summed E-state index contributed by atoms with van der Waals surface area (Å²) < 4.78 is 0. The Hall–Kier alpha value is -0.900. The van der Waals surface area contributed by atoms with Crippen molar-refractivity contribution >= 4 is 22.3 Å². The molecular weight excluding hydrogens is 256 g/mol. The number of hydrogen-bond donors (Lipinski definition) is 0. The maximum atomic E-state index is 12.2. The highest BCUT2D eigenvalue weighted by Crippen LogP contribution is 2.39. The van der Waals surface area contributed by atoms with Gasteiger partial charge in [0.2, 0.25) is 0 Å². The van der Waals surface area contributed by atoms with Crippen LogP contribution in [0.15, 0.2) is 0 Å². The third-order valence-corrected chi connectivity index (χ3v) is 4.85. The lowest BCUT2D eigenvalue weighted by Gasteiger charge is -2.26. The van der Waals surface area contributed by atoms with Gasteiger partial charge in [0, 0.05) is 20.0 Å². The zero-order chi connectivity index (χ0) is 14.2. The van der Waals surface area contributed by atoms with Gasteiger partial charge in [0.15, 0.2) is 10.9 Å². The predicted molar refractivity (Wildman–Crippen MR) is 81.3 cm³/mol. The lowest BCUT2D eigenvalue weighted by atomic mass is 9.78. The van der Waals surface area contributed by atoms with E-state index in [1.807, 2.05) is 0 Å². The Labute approximate surface area is 120 Å². The first kappa shape index (κ1) is 14.5. The number of thiazole rings is 1. The number of anilines is 1. The number of carbonyl (C=O) groups excluding carboxylic acids is 1. The van der Waals surface area contributed by atoms with E-state index in [-0.39, 0.29) is 11.2 Å². The normalized spacial score (nSPS) is 17.7. The van der Waals surface area contributed by atoms with Crippen molar-refractivity contribution in [3.8, 4) is 0 Å². The third kappa shape index (κ3) is 3.35. The van der Waals surface area contributed by atoms with E-state index in [9.17, 15) is 4.79 Å². The minimum absolute atomic E-state index is 0.0614. The van der Waals surface area contributed by atoms with E-state index in [0.717, 1.165) is 35.1 Å².